The summed E-state index contributed by atoms with van der Waals surface area (Å²) in [4.78, 5) is 59.1. The minimum Gasteiger partial charge on any atom is -0.481 e. The molecule has 0 spiro atoms. The van der Waals surface area contributed by atoms with Crippen LogP contribution in [0.4, 0.5) is 13.6 Å². The number of carbonyl (C=O) groups is 5. The van der Waals surface area contributed by atoms with Gasteiger partial charge in [-0.05, 0) is 24.7 Å². The van der Waals surface area contributed by atoms with Gasteiger partial charge < -0.3 is 30.6 Å². The number of alkyl carbamates (subject to hydrolysis) is 1. The first kappa shape index (κ1) is 29.2. The Kier molecular flexibility index (Phi) is 13.8. The minimum atomic E-state index is -2.81. The van der Waals surface area contributed by atoms with Gasteiger partial charge in [-0.3, -0.25) is 14.4 Å². The lowest BCUT2D eigenvalue weighted by atomic mass is 10.0. The fraction of sp³-hybridized carbons (Fsp3) is 0.750. The zero-order chi connectivity index (χ0) is 24.8. The van der Waals surface area contributed by atoms with Gasteiger partial charge in [0.1, 0.15) is 18.4 Å². The Morgan fingerprint density at radius 3 is 1.97 bits per heavy atom. The van der Waals surface area contributed by atoms with E-state index in [4.69, 9.17) is 9.84 Å². The molecule has 184 valence electrons. The van der Waals surface area contributed by atoms with Crippen LogP contribution < -0.4 is 16.0 Å². The topological polar surface area (TPSA) is 151 Å². The Hall–Kier alpha value is -2.79. The molecule has 0 heterocycles. The maximum Gasteiger partial charge on any atom is 0.407 e. The molecule has 0 fully saturated rings. The number of aliphatic carboxylic acids is 1. The monoisotopic (exact) mass is 465 g/mol. The lowest BCUT2D eigenvalue weighted by Gasteiger charge is -2.25. The Balaban J connectivity index is 5.34. The number of hydrogen-bond acceptors (Lipinski definition) is 6. The lowest BCUT2D eigenvalue weighted by Crippen LogP contribution is -2.55. The smallest absolute Gasteiger partial charge is 0.407 e. The van der Waals surface area contributed by atoms with E-state index in [1.807, 2.05) is 0 Å². The van der Waals surface area contributed by atoms with Crippen LogP contribution in [0.1, 0.15) is 53.4 Å². The second-order valence-electron chi connectivity index (χ2n) is 8.19. The molecular formula is C20H33F2N3O7. The van der Waals surface area contributed by atoms with Crippen LogP contribution in [0.5, 0.6) is 0 Å². The van der Waals surface area contributed by atoms with Crippen LogP contribution in [0.2, 0.25) is 0 Å². The van der Waals surface area contributed by atoms with E-state index in [0.29, 0.717) is 0 Å². The Bertz CT molecular complexity index is 645. The van der Waals surface area contributed by atoms with E-state index in [0.717, 1.165) is 0 Å². The van der Waals surface area contributed by atoms with Crippen molar-refractivity contribution in [3.63, 3.8) is 0 Å². The second kappa shape index (κ2) is 15.1. The van der Waals surface area contributed by atoms with Crippen LogP contribution in [0.15, 0.2) is 0 Å². The highest BCUT2D eigenvalue weighted by Crippen LogP contribution is 2.09. The van der Waals surface area contributed by atoms with Crippen molar-refractivity contribution in [2.75, 3.05) is 6.61 Å². The van der Waals surface area contributed by atoms with E-state index >= 15 is 0 Å². The Morgan fingerprint density at radius 2 is 1.50 bits per heavy atom. The fourth-order valence-electron chi connectivity index (χ4n) is 2.56. The third kappa shape index (κ3) is 13.5. The highest BCUT2D eigenvalue weighted by atomic mass is 19.3. The molecule has 12 heteroatoms. The highest BCUT2D eigenvalue weighted by Gasteiger charge is 2.29. The molecular weight excluding hydrogens is 432 g/mol. The molecule has 10 nitrogen and oxygen atoms in total. The van der Waals surface area contributed by atoms with Crippen LogP contribution in [-0.2, 0) is 23.9 Å². The van der Waals surface area contributed by atoms with Gasteiger partial charge in [-0.1, -0.05) is 27.7 Å². The number of rotatable bonds is 15. The van der Waals surface area contributed by atoms with Gasteiger partial charge in [-0.2, -0.15) is 0 Å². The number of nitrogens with one attached hydrogen (secondary N) is 3. The molecule has 0 aliphatic carbocycles. The van der Waals surface area contributed by atoms with Gasteiger partial charge in [0.15, 0.2) is 0 Å². The zero-order valence-corrected chi connectivity index (χ0v) is 18.7. The standard InChI is InChI=1S/C20H33F2N3O7/c1-11(2)7-15(19(30)23-13(9-26)8-16(21)22)24-18(29)14(5-6-17(27)28)25-20(31)32-10-12(3)4/h9,11-16H,5-8,10H2,1-4H3,(H,23,30)(H,24,29)(H,25,31)(H,27,28)/t13?,14-,15-/m0/s1. The first-order valence-electron chi connectivity index (χ1n) is 10.3. The van der Waals surface area contributed by atoms with Crippen LogP contribution in [0.3, 0.4) is 0 Å². The maximum atomic E-state index is 12.7. The van der Waals surface area contributed by atoms with Crippen molar-refractivity contribution in [2.45, 2.75) is 77.9 Å². The van der Waals surface area contributed by atoms with Gasteiger partial charge in [-0.25, -0.2) is 13.6 Å². The van der Waals surface area contributed by atoms with E-state index in [9.17, 15) is 32.8 Å². The molecule has 0 radical (unpaired) electrons. The van der Waals surface area contributed by atoms with Crippen LogP contribution in [0.25, 0.3) is 0 Å². The number of aldehydes is 1. The molecule has 0 aromatic heterocycles. The molecule has 1 unspecified atom stereocenters. The average Bonchev–Trinajstić information content (AvgIpc) is 2.67. The number of hydrogen-bond donors (Lipinski definition) is 4. The summed E-state index contributed by atoms with van der Waals surface area (Å²) in [5.74, 6) is -2.95. The van der Waals surface area contributed by atoms with Gasteiger partial charge >= 0.3 is 12.1 Å². The third-order valence-corrected chi connectivity index (χ3v) is 4.07. The number of alkyl halides is 2. The van der Waals surface area contributed by atoms with Gasteiger partial charge in [-0.15, -0.1) is 0 Å². The molecule has 32 heavy (non-hydrogen) atoms. The lowest BCUT2D eigenvalue weighted by molar-refractivity contribution is -0.137. The Labute approximate surface area is 185 Å². The molecule has 0 aromatic rings. The quantitative estimate of drug-likeness (QED) is 0.267. The fourth-order valence-corrected chi connectivity index (χ4v) is 2.56. The van der Waals surface area contributed by atoms with E-state index in [1.54, 1.807) is 27.7 Å². The summed E-state index contributed by atoms with van der Waals surface area (Å²) < 4.78 is 30.1. The molecule has 0 aliphatic heterocycles. The summed E-state index contributed by atoms with van der Waals surface area (Å²) >= 11 is 0. The molecule has 0 saturated carbocycles. The third-order valence-electron chi connectivity index (χ3n) is 4.07. The van der Waals surface area contributed by atoms with Gasteiger partial charge in [0.25, 0.3) is 0 Å². The van der Waals surface area contributed by atoms with Crippen molar-refractivity contribution < 1.29 is 42.6 Å². The van der Waals surface area contributed by atoms with Crippen molar-refractivity contribution in [1.29, 1.82) is 0 Å². The number of carboxylic acid groups (broad SMARTS) is 1. The maximum absolute atomic E-state index is 12.7. The van der Waals surface area contributed by atoms with Crippen LogP contribution >= 0.6 is 0 Å². The summed E-state index contributed by atoms with van der Waals surface area (Å²) in [5, 5.41) is 15.8. The largest absolute Gasteiger partial charge is 0.481 e. The number of halogens is 2. The predicted octanol–water partition coefficient (Wildman–Crippen LogP) is 1.47. The van der Waals surface area contributed by atoms with Gasteiger partial charge in [0, 0.05) is 12.8 Å². The summed E-state index contributed by atoms with van der Waals surface area (Å²) in [6.07, 6.45) is -5.03. The molecule has 0 aromatic carbocycles. The molecule has 3 atom stereocenters. The molecule has 4 N–H and O–H groups in total. The van der Waals surface area contributed by atoms with E-state index < -0.39 is 61.3 Å². The highest BCUT2D eigenvalue weighted by molar-refractivity contribution is 5.92. The molecule has 0 bridgehead atoms. The Morgan fingerprint density at radius 1 is 0.906 bits per heavy atom. The van der Waals surface area contributed by atoms with E-state index in [2.05, 4.69) is 16.0 Å². The van der Waals surface area contributed by atoms with Crippen LogP contribution in [0, 0.1) is 11.8 Å². The summed E-state index contributed by atoms with van der Waals surface area (Å²) in [5.41, 5.74) is 0. The van der Waals surface area contributed by atoms with Crippen molar-refractivity contribution in [1.82, 2.24) is 16.0 Å². The summed E-state index contributed by atoms with van der Waals surface area (Å²) in [6, 6.07) is -3.93. The predicted molar refractivity (Wildman–Crippen MR) is 110 cm³/mol. The zero-order valence-electron chi connectivity index (χ0n) is 18.7. The molecule has 3 amide bonds. The summed E-state index contributed by atoms with van der Waals surface area (Å²) in [7, 11) is 0. The molecule has 0 saturated heterocycles. The van der Waals surface area contributed by atoms with Crippen molar-refractivity contribution in [3.05, 3.63) is 0 Å². The SMILES string of the molecule is CC(C)COC(=O)N[C@@H](CCC(=O)O)C(=O)N[C@@H](CC(C)C)C(=O)NC(C=O)CC(F)F. The number of carboxylic acids is 1. The normalized spacial score (nSPS) is 13.9. The van der Waals surface area contributed by atoms with E-state index in [1.165, 1.54) is 0 Å². The first-order valence-corrected chi connectivity index (χ1v) is 10.3. The van der Waals surface area contributed by atoms with Crippen molar-refractivity contribution >= 4 is 30.2 Å². The molecule has 0 aliphatic rings. The second-order valence-corrected chi connectivity index (χ2v) is 8.19. The van der Waals surface area contributed by atoms with Crippen molar-refractivity contribution in [3.8, 4) is 0 Å². The minimum absolute atomic E-state index is 0.0326. The van der Waals surface area contributed by atoms with Gasteiger partial charge in [0.2, 0.25) is 18.2 Å². The number of ether oxygens (including phenoxy) is 1. The number of carbonyl (C=O) groups excluding carboxylic acids is 4. The van der Waals surface area contributed by atoms with Crippen molar-refractivity contribution in [2.24, 2.45) is 11.8 Å². The van der Waals surface area contributed by atoms with Gasteiger partial charge in [0.05, 0.1) is 12.6 Å². The van der Waals surface area contributed by atoms with Crippen LogP contribution in [-0.4, -0.2) is 66.4 Å². The molecule has 0 rings (SSSR count). The average molecular weight is 465 g/mol. The number of amides is 3. The summed E-state index contributed by atoms with van der Waals surface area (Å²) in [6.45, 7) is 7.20. The first-order chi connectivity index (χ1) is 14.8. The van der Waals surface area contributed by atoms with E-state index in [-0.39, 0.29) is 37.6 Å².